The number of allylic oxidation sites excluding steroid dienone is 10. The molecule has 1 atom stereocenters. The zero-order valence-corrected chi connectivity index (χ0v) is 23.2. The summed E-state index contributed by atoms with van der Waals surface area (Å²) in [5.41, 5.74) is 9.61. The van der Waals surface area contributed by atoms with E-state index in [1.54, 1.807) is 0 Å². The molecule has 1 unspecified atom stereocenters. The summed E-state index contributed by atoms with van der Waals surface area (Å²) >= 11 is 0. The molecule has 0 spiro atoms. The monoisotopic (exact) mass is 538 g/mol. The van der Waals surface area contributed by atoms with Crippen LogP contribution in [0.15, 0.2) is 107 Å². The molecule has 32 heavy (non-hydrogen) atoms. The molecule has 0 radical (unpaired) electrons. The second-order valence-electron chi connectivity index (χ2n) is 7.81. The molecular weight excluding hydrogens is 510 g/mol. The van der Waals surface area contributed by atoms with Crippen molar-refractivity contribution < 1.29 is 51.0 Å². The van der Waals surface area contributed by atoms with Gasteiger partial charge in [0.2, 0.25) is 0 Å². The molecule has 2 aliphatic carbocycles. The van der Waals surface area contributed by atoms with E-state index < -0.39 is 0 Å². The van der Waals surface area contributed by atoms with Gasteiger partial charge in [0.15, 0.2) is 0 Å². The van der Waals surface area contributed by atoms with Crippen LogP contribution in [0.5, 0.6) is 0 Å². The Labute approximate surface area is 226 Å². The van der Waals surface area contributed by atoms with Gasteiger partial charge >= 0.3 is 26.2 Å². The van der Waals surface area contributed by atoms with E-state index in [1.807, 2.05) is 6.08 Å². The second kappa shape index (κ2) is 15.4. The van der Waals surface area contributed by atoms with Crippen molar-refractivity contribution >= 4 is 0 Å². The molecule has 0 aromatic heterocycles. The van der Waals surface area contributed by atoms with Crippen LogP contribution in [0.2, 0.25) is 0 Å². The summed E-state index contributed by atoms with van der Waals surface area (Å²) in [7, 11) is 0. The van der Waals surface area contributed by atoms with Crippen molar-refractivity contribution in [1.82, 2.24) is 0 Å². The van der Waals surface area contributed by atoms with Crippen LogP contribution in [-0.4, -0.2) is 0 Å². The first-order valence-corrected chi connectivity index (χ1v) is 10.4. The number of rotatable bonds is 4. The van der Waals surface area contributed by atoms with Gasteiger partial charge in [-0.25, -0.2) is 5.57 Å². The van der Waals surface area contributed by atoms with Crippen molar-refractivity contribution in [1.29, 1.82) is 0 Å². The Hall–Kier alpha value is -1.40. The zero-order chi connectivity index (χ0) is 20.6. The van der Waals surface area contributed by atoms with Crippen molar-refractivity contribution in [2.45, 2.75) is 40.5 Å². The van der Waals surface area contributed by atoms with Gasteiger partial charge in [0.25, 0.3) is 0 Å². The Balaban J connectivity index is 0.000000690. The predicted molar refractivity (Wildman–Crippen MR) is 124 cm³/mol. The minimum absolute atomic E-state index is 0. The fraction of sp³-hybridized carbons (Fsp3) is 0.241. The second-order valence-corrected chi connectivity index (χ2v) is 7.81. The fourth-order valence-electron chi connectivity index (χ4n) is 3.65. The summed E-state index contributed by atoms with van der Waals surface area (Å²) in [6.07, 6.45) is 14.9. The van der Waals surface area contributed by atoms with Crippen molar-refractivity contribution in [2.75, 3.05) is 0 Å². The normalized spacial score (nSPS) is 15.7. The molecule has 0 bridgehead atoms. The van der Waals surface area contributed by atoms with Gasteiger partial charge in [-0.15, -0.1) is 18.6 Å². The summed E-state index contributed by atoms with van der Waals surface area (Å²) < 4.78 is 0. The SMILES string of the molecule is CC1=[C-]C(C)C(C)=C1C.[C-]1=CC=CC1=C(Cc1ccccc1)Cc1ccccc1.[Cl-].[Cl-].[Zr+4]. The molecule has 3 heteroatoms. The van der Waals surface area contributed by atoms with Gasteiger partial charge in [0.05, 0.1) is 0 Å². The van der Waals surface area contributed by atoms with Gasteiger partial charge in [-0.05, 0) is 12.8 Å². The van der Waals surface area contributed by atoms with E-state index in [1.165, 1.54) is 39.0 Å². The molecule has 0 fully saturated rings. The first-order valence-electron chi connectivity index (χ1n) is 10.4. The topological polar surface area (TPSA) is 0 Å². The summed E-state index contributed by atoms with van der Waals surface area (Å²) in [6, 6.07) is 21.3. The van der Waals surface area contributed by atoms with E-state index in [2.05, 4.69) is 113 Å². The van der Waals surface area contributed by atoms with E-state index in [9.17, 15) is 0 Å². The summed E-state index contributed by atoms with van der Waals surface area (Å²) in [4.78, 5) is 0. The van der Waals surface area contributed by atoms with E-state index in [0.29, 0.717) is 5.92 Å². The molecule has 2 aliphatic rings. The Bertz CT molecular complexity index is 923. The van der Waals surface area contributed by atoms with Crippen LogP contribution in [0, 0.1) is 18.1 Å². The van der Waals surface area contributed by atoms with Gasteiger partial charge in [-0.3, -0.25) is 6.08 Å². The van der Waals surface area contributed by atoms with Crippen LogP contribution in [0.3, 0.4) is 0 Å². The fourth-order valence-corrected chi connectivity index (χ4v) is 3.65. The molecule has 4 rings (SSSR count). The van der Waals surface area contributed by atoms with Gasteiger partial charge in [0.1, 0.15) is 0 Å². The third kappa shape index (κ3) is 8.86. The maximum absolute atomic E-state index is 3.36. The first kappa shape index (κ1) is 30.6. The summed E-state index contributed by atoms with van der Waals surface area (Å²) in [5, 5.41) is 0. The van der Waals surface area contributed by atoms with E-state index >= 15 is 0 Å². The van der Waals surface area contributed by atoms with Crippen LogP contribution in [0.25, 0.3) is 0 Å². The smallest absolute Gasteiger partial charge is 1.00 e. The van der Waals surface area contributed by atoms with Gasteiger partial charge in [-0.2, -0.15) is 34.9 Å². The van der Waals surface area contributed by atoms with Crippen LogP contribution < -0.4 is 24.8 Å². The molecule has 0 nitrogen and oxygen atoms in total. The Morgan fingerprint density at radius 2 is 1.31 bits per heavy atom. The van der Waals surface area contributed by atoms with Crippen molar-refractivity contribution in [3.8, 4) is 0 Å². The molecule has 0 aliphatic heterocycles. The quantitative estimate of drug-likeness (QED) is 0.515. The van der Waals surface area contributed by atoms with Crippen molar-refractivity contribution in [2.24, 2.45) is 5.92 Å². The molecule has 164 valence electrons. The molecule has 0 N–H and O–H groups in total. The first-order chi connectivity index (χ1) is 14.0. The van der Waals surface area contributed by atoms with Gasteiger partial charge in [-0.1, -0.05) is 98.5 Å². The molecule has 0 heterocycles. The number of halogens is 2. The van der Waals surface area contributed by atoms with E-state index in [0.717, 1.165) is 12.8 Å². The molecule has 0 saturated carbocycles. The van der Waals surface area contributed by atoms with Gasteiger partial charge < -0.3 is 24.8 Å². The predicted octanol–water partition coefficient (Wildman–Crippen LogP) is 1.43. The molecular formula is C29H30Cl2Zr. The number of hydrogen-bond acceptors (Lipinski definition) is 0. The molecule has 2 aromatic rings. The number of hydrogen-bond donors (Lipinski definition) is 0. The van der Waals surface area contributed by atoms with Crippen LogP contribution in [0.1, 0.15) is 38.8 Å². The van der Waals surface area contributed by atoms with Crippen molar-refractivity contribution in [3.05, 3.63) is 130 Å². The third-order valence-corrected chi connectivity index (χ3v) is 5.74. The largest absolute Gasteiger partial charge is 4.00 e. The maximum Gasteiger partial charge on any atom is 4.00 e. The van der Waals surface area contributed by atoms with Crippen molar-refractivity contribution in [3.63, 3.8) is 0 Å². The Morgan fingerprint density at radius 3 is 1.62 bits per heavy atom. The van der Waals surface area contributed by atoms with Crippen LogP contribution in [-0.2, 0) is 39.0 Å². The average molecular weight is 541 g/mol. The van der Waals surface area contributed by atoms with Crippen LogP contribution >= 0.6 is 0 Å². The summed E-state index contributed by atoms with van der Waals surface area (Å²) in [6.45, 7) is 8.67. The van der Waals surface area contributed by atoms with E-state index in [-0.39, 0.29) is 51.0 Å². The minimum Gasteiger partial charge on any atom is -1.00 e. The summed E-state index contributed by atoms with van der Waals surface area (Å²) in [5.74, 6) is 0.560. The minimum atomic E-state index is 0. The molecule has 0 saturated heterocycles. The Morgan fingerprint density at radius 1 is 0.812 bits per heavy atom. The average Bonchev–Trinajstić information content (AvgIpc) is 3.35. The van der Waals surface area contributed by atoms with E-state index in [4.69, 9.17) is 0 Å². The standard InChI is InChI=1S/C20H17.C9H13.2ClH.Zr/c1-3-9-17(10-4-1)15-20(19-13-7-8-14-19)16-18-11-5-2-6-12-18;1-6-5-7(2)9(4)8(6)3;;;/h1-13H,15-16H2;6H,1-4H3;2*1H;/q2*-1;;;+4/p-2. The number of benzene rings is 2. The maximum atomic E-state index is 3.36. The third-order valence-electron chi connectivity index (χ3n) is 5.74. The van der Waals surface area contributed by atoms with Crippen LogP contribution in [0.4, 0.5) is 0 Å². The Kier molecular flexibility index (Phi) is 14.8. The molecule has 2 aromatic carbocycles. The zero-order valence-electron chi connectivity index (χ0n) is 19.3. The molecule has 0 amide bonds. The van der Waals surface area contributed by atoms with Gasteiger partial charge in [0, 0.05) is 0 Å².